The highest BCUT2D eigenvalue weighted by molar-refractivity contribution is 5.86. The Morgan fingerprint density at radius 3 is 2.52 bits per heavy atom. The molecule has 2 unspecified atom stereocenters. The van der Waals surface area contributed by atoms with Gasteiger partial charge in [-0.2, -0.15) is 0 Å². The summed E-state index contributed by atoms with van der Waals surface area (Å²) < 4.78 is 5.36. The fraction of sp³-hybridized carbons (Fsp3) is 0.526. The van der Waals surface area contributed by atoms with E-state index in [-0.39, 0.29) is 30.7 Å². The van der Waals surface area contributed by atoms with E-state index < -0.39 is 17.5 Å². The van der Waals surface area contributed by atoms with Crippen LogP contribution in [0.4, 0.5) is 0 Å². The van der Waals surface area contributed by atoms with Crippen LogP contribution in [-0.4, -0.2) is 36.0 Å². The average molecular weight is 346 g/mol. The molecule has 0 radical (unpaired) electrons. The van der Waals surface area contributed by atoms with Gasteiger partial charge in [0.05, 0.1) is 18.4 Å². The summed E-state index contributed by atoms with van der Waals surface area (Å²) >= 11 is 0. The molecule has 2 atom stereocenters. The molecule has 1 fully saturated rings. The second-order valence-corrected chi connectivity index (χ2v) is 7.39. The Bertz CT molecular complexity index is 622. The van der Waals surface area contributed by atoms with Gasteiger partial charge in [-0.15, -0.1) is 0 Å². The topological polar surface area (TPSA) is 84.5 Å². The minimum Gasteiger partial charge on any atom is -0.460 e. The van der Waals surface area contributed by atoms with Crippen LogP contribution >= 0.6 is 0 Å². The van der Waals surface area contributed by atoms with Crippen LogP contribution < -0.4 is 10.6 Å². The molecule has 1 aliphatic heterocycles. The van der Waals surface area contributed by atoms with Crippen molar-refractivity contribution in [3.8, 4) is 0 Å². The summed E-state index contributed by atoms with van der Waals surface area (Å²) in [6.07, 6.45) is 0.725. The van der Waals surface area contributed by atoms with Gasteiger partial charge in [-0.05, 0) is 32.8 Å². The molecule has 0 spiro atoms. The van der Waals surface area contributed by atoms with Crippen molar-refractivity contribution >= 4 is 17.8 Å². The molecule has 6 heteroatoms. The zero-order chi connectivity index (χ0) is 18.4. The van der Waals surface area contributed by atoms with Crippen LogP contribution in [0.5, 0.6) is 0 Å². The number of carbonyl (C=O) groups is 3. The third-order valence-electron chi connectivity index (χ3n) is 3.85. The predicted octanol–water partition coefficient (Wildman–Crippen LogP) is 1.58. The number of esters is 1. The summed E-state index contributed by atoms with van der Waals surface area (Å²) in [6, 6.07) is 9.33. The normalized spacial score (nSPS) is 18.4. The van der Waals surface area contributed by atoms with Crippen molar-refractivity contribution in [2.75, 3.05) is 6.54 Å². The number of carbonyl (C=O) groups excluding carboxylic acids is 3. The lowest BCUT2D eigenvalue weighted by Gasteiger charge is -2.23. The minimum absolute atomic E-state index is 0.00604. The van der Waals surface area contributed by atoms with Gasteiger partial charge in [0.2, 0.25) is 11.8 Å². The third-order valence-corrected chi connectivity index (χ3v) is 3.85. The molecule has 1 aromatic rings. The zero-order valence-electron chi connectivity index (χ0n) is 15.0. The summed E-state index contributed by atoms with van der Waals surface area (Å²) in [4.78, 5) is 36.1. The second kappa shape index (κ2) is 8.14. The molecular weight excluding hydrogens is 320 g/mol. The van der Waals surface area contributed by atoms with Crippen molar-refractivity contribution in [1.82, 2.24) is 10.6 Å². The Hall–Kier alpha value is -2.37. The highest BCUT2D eigenvalue weighted by Crippen LogP contribution is 2.17. The minimum atomic E-state index is -0.591. The lowest BCUT2D eigenvalue weighted by atomic mass is 9.94. The largest absolute Gasteiger partial charge is 0.460 e. The lowest BCUT2D eigenvalue weighted by molar-refractivity contribution is -0.157. The van der Waals surface area contributed by atoms with Gasteiger partial charge >= 0.3 is 5.97 Å². The van der Waals surface area contributed by atoms with Crippen LogP contribution in [0.1, 0.15) is 39.2 Å². The number of hydrogen-bond donors (Lipinski definition) is 2. The van der Waals surface area contributed by atoms with Crippen LogP contribution in [0.15, 0.2) is 30.3 Å². The Labute approximate surface area is 148 Å². The smallest absolute Gasteiger partial charge is 0.307 e. The SMILES string of the molecule is CC(C)(C)OC(=O)CC(Cc1ccccc1)C(=O)NC1CNC(=O)C1. The molecule has 2 N–H and O–H groups in total. The molecule has 0 bridgehead atoms. The first-order chi connectivity index (χ1) is 11.7. The Kier molecular flexibility index (Phi) is 6.17. The molecule has 136 valence electrons. The number of rotatable bonds is 6. The average Bonchev–Trinajstić information content (AvgIpc) is 2.91. The van der Waals surface area contributed by atoms with Crippen molar-refractivity contribution in [2.24, 2.45) is 5.92 Å². The van der Waals surface area contributed by atoms with Crippen molar-refractivity contribution in [1.29, 1.82) is 0 Å². The summed E-state index contributed by atoms with van der Waals surface area (Å²) in [7, 11) is 0. The first kappa shape index (κ1) is 19.0. The molecule has 0 saturated carbocycles. The van der Waals surface area contributed by atoms with Crippen molar-refractivity contribution in [2.45, 2.75) is 51.7 Å². The third kappa shape index (κ3) is 6.57. The Balaban J connectivity index is 2.03. The molecule has 25 heavy (non-hydrogen) atoms. The van der Waals surface area contributed by atoms with E-state index in [9.17, 15) is 14.4 Å². The predicted molar refractivity (Wildman–Crippen MR) is 93.7 cm³/mol. The van der Waals surface area contributed by atoms with E-state index in [0.717, 1.165) is 5.56 Å². The van der Waals surface area contributed by atoms with Gasteiger partial charge in [-0.3, -0.25) is 14.4 Å². The number of amides is 2. The maximum absolute atomic E-state index is 12.7. The fourth-order valence-corrected chi connectivity index (χ4v) is 2.77. The van der Waals surface area contributed by atoms with Gasteiger partial charge in [-0.1, -0.05) is 30.3 Å². The molecule has 2 rings (SSSR count). The highest BCUT2D eigenvalue weighted by Gasteiger charge is 2.29. The van der Waals surface area contributed by atoms with Gasteiger partial charge in [0.1, 0.15) is 5.60 Å². The van der Waals surface area contributed by atoms with E-state index in [1.807, 2.05) is 30.3 Å². The van der Waals surface area contributed by atoms with Crippen molar-refractivity contribution in [3.63, 3.8) is 0 Å². The fourth-order valence-electron chi connectivity index (χ4n) is 2.77. The number of hydrogen-bond acceptors (Lipinski definition) is 4. The quantitative estimate of drug-likeness (QED) is 0.766. The van der Waals surface area contributed by atoms with Crippen LogP contribution in [0, 0.1) is 5.92 Å². The molecule has 1 saturated heterocycles. The van der Waals surface area contributed by atoms with Crippen LogP contribution in [0.25, 0.3) is 0 Å². The number of benzene rings is 1. The maximum Gasteiger partial charge on any atom is 0.307 e. The first-order valence-corrected chi connectivity index (χ1v) is 8.56. The summed E-state index contributed by atoms with van der Waals surface area (Å²) in [5, 5.41) is 5.56. The lowest BCUT2D eigenvalue weighted by Crippen LogP contribution is -2.41. The van der Waals surface area contributed by atoms with Crippen molar-refractivity contribution < 1.29 is 19.1 Å². The molecule has 2 amide bonds. The highest BCUT2D eigenvalue weighted by atomic mass is 16.6. The molecule has 1 aliphatic rings. The molecular formula is C19H26N2O4. The van der Waals surface area contributed by atoms with Crippen LogP contribution in [0.2, 0.25) is 0 Å². The zero-order valence-corrected chi connectivity index (χ0v) is 15.0. The molecule has 6 nitrogen and oxygen atoms in total. The van der Waals surface area contributed by atoms with Gasteiger partial charge < -0.3 is 15.4 Å². The van der Waals surface area contributed by atoms with E-state index in [1.54, 1.807) is 20.8 Å². The van der Waals surface area contributed by atoms with E-state index in [2.05, 4.69) is 10.6 Å². The summed E-state index contributed by atoms with van der Waals surface area (Å²) in [5.74, 6) is -1.23. The maximum atomic E-state index is 12.7. The van der Waals surface area contributed by atoms with Gasteiger partial charge in [0.15, 0.2) is 0 Å². The summed E-state index contributed by atoms with van der Waals surface area (Å²) in [5.41, 5.74) is 0.388. The standard InChI is InChI=1S/C19H26N2O4/c1-19(2,3)25-17(23)10-14(9-13-7-5-4-6-8-13)18(24)21-15-11-16(22)20-12-15/h4-8,14-15H,9-12H2,1-3H3,(H,20,22)(H,21,24). The van der Waals surface area contributed by atoms with Gasteiger partial charge in [-0.25, -0.2) is 0 Å². The Morgan fingerprint density at radius 2 is 1.96 bits per heavy atom. The Morgan fingerprint density at radius 1 is 1.28 bits per heavy atom. The molecule has 0 aromatic heterocycles. The molecule has 0 aliphatic carbocycles. The number of nitrogens with one attached hydrogen (secondary N) is 2. The van der Waals surface area contributed by atoms with Crippen molar-refractivity contribution in [3.05, 3.63) is 35.9 Å². The number of ether oxygens (including phenoxy) is 1. The second-order valence-electron chi connectivity index (χ2n) is 7.39. The molecule has 1 heterocycles. The monoisotopic (exact) mass is 346 g/mol. The first-order valence-electron chi connectivity index (χ1n) is 8.56. The van der Waals surface area contributed by atoms with Gasteiger partial charge in [0, 0.05) is 13.0 Å². The van der Waals surface area contributed by atoms with Crippen LogP contribution in [-0.2, 0) is 25.5 Å². The van der Waals surface area contributed by atoms with Crippen LogP contribution in [0.3, 0.4) is 0 Å². The van der Waals surface area contributed by atoms with E-state index >= 15 is 0 Å². The van der Waals surface area contributed by atoms with Gasteiger partial charge in [0.25, 0.3) is 0 Å². The van der Waals surface area contributed by atoms with E-state index in [1.165, 1.54) is 0 Å². The summed E-state index contributed by atoms with van der Waals surface area (Å²) in [6.45, 7) is 5.82. The van der Waals surface area contributed by atoms with E-state index in [4.69, 9.17) is 4.74 Å². The molecule has 1 aromatic carbocycles. The van der Waals surface area contributed by atoms with E-state index in [0.29, 0.717) is 13.0 Å².